The van der Waals surface area contributed by atoms with E-state index in [1.165, 1.54) is 0 Å². The highest BCUT2D eigenvalue weighted by Crippen LogP contribution is 2.39. The Kier molecular flexibility index (Phi) is 4.98. The Hall–Kier alpha value is -1.72. The molecule has 0 saturated carbocycles. The van der Waals surface area contributed by atoms with Gasteiger partial charge in [-0.2, -0.15) is 0 Å². The SMILES string of the molecule is CNC(C)CC1(CC(C)NC)C(=O)NC(=O)c2ccccc21. The van der Waals surface area contributed by atoms with Crippen LogP contribution in [0.4, 0.5) is 0 Å². The number of fused-ring (bicyclic) bond motifs is 1. The molecule has 0 saturated heterocycles. The zero-order chi connectivity index (χ0) is 16.3. The molecule has 1 aliphatic rings. The summed E-state index contributed by atoms with van der Waals surface area (Å²) in [7, 11) is 3.77. The summed E-state index contributed by atoms with van der Waals surface area (Å²) in [5.41, 5.74) is 0.747. The molecule has 0 bridgehead atoms. The topological polar surface area (TPSA) is 70.2 Å². The molecule has 1 aromatic carbocycles. The summed E-state index contributed by atoms with van der Waals surface area (Å²) in [6.45, 7) is 4.11. The number of hydrogen-bond donors (Lipinski definition) is 3. The Morgan fingerprint density at radius 3 is 2.14 bits per heavy atom. The number of carbonyl (C=O) groups is 2. The first-order chi connectivity index (χ1) is 10.4. The van der Waals surface area contributed by atoms with Gasteiger partial charge in [0.15, 0.2) is 0 Å². The highest BCUT2D eigenvalue weighted by molar-refractivity contribution is 6.13. The highest BCUT2D eigenvalue weighted by Gasteiger charge is 2.47. The van der Waals surface area contributed by atoms with Crippen molar-refractivity contribution in [3.05, 3.63) is 35.4 Å². The summed E-state index contributed by atoms with van der Waals surface area (Å²) in [5, 5.41) is 8.96. The largest absolute Gasteiger partial charge is 0.317 e. The molecule has 2 unspecified atom stereocenters. The third-order valence-electron chi connectivity index (χ3n) is 4.64. The molecule has 0 aliphatic carbocycles. The molecule has 120 valence electrons. The van der Waals surface area contributed by atoms with E-state index in [1.54, 1.807) is 6.07 Å². The van der Waals surface area contributed by atoms with Crippen molar-refractivity contribution in [2.75, 3.05) is 14.1 Å². The Labute approximate surface area is 131 Å². The Bertz CT molecular complexity index is 559. The molecule has 2 amide bonds. The fraction of sp³-hybridized carbons (Fsp3) is 0.529. The first-order valence-electron chi connectivity index (χ1n) is 7.74. The molecule has 0 spiro atoms. The average molecular weight is 303 g/mol. The summed E-state index contributed by atoms with van der Waals surface area (Å²) < 4.78 is 0. The van der Waals surface area contributed by atoms with Gasteiger partial charge < -0.3 is 10.6 Å². The molecule has 5 heteroatoms. The quantitative estimate of drug-likeness (QED) is 0.691. The molecule has 1 aromatic rings. The molecule has 5 nitrogen and oxygen atoms in total. The van der Waals surface area contributed by atoms with Crippen molar-refractivity contribution >= 4 is 11.8 Å². The molecule has 0 fully saturated rings. The van der Waals surface area contributed by atoms with Crippen molar-refractivity contribution in [1.29, 1.82) is 0 Å². The van der Waals surface area contributed by atoms with E-state index in [4.69, 9.17) is 0 Å². The molecule has 1 heterocycles. The van der Waals surface area contributed by atoms with Crippen LogP contribution in [0.2, 0.25) is 0 Å². The first kappa shape index (κ1) is 16.6. The molecule has 3 N–H and O–H groups in total. The van der Waals surface area contributed by atoms with Crippen molar-refractivity contribution in [3.8, 4) is 0 Å². The van der Waals surface area contributed by atoms with Gasteiger partial charge in [-0.25, -0.2) is 0 Å². The van der Waals surface area contributed by atoms with Gasteiger partial charge in [-0.1, -0.05) is 18.2 Å². The third-order valence-corrected chi connectivity index (χ3v) is 4.64. The van der Waals surface area contributed by atoms with Gasteiger partial charge in [0.25, 0.3) is 5.91 Å². The van der Waals surface area contributed by atoms with Gasteiger partial charge in [0, 0.05) is 17.6 Å². The van der Waals surface area contributed by atoms with Crippen LogP contribution in [0.5, 0.6) is 0 Å². The van der Waals surface area contributed by atoms with E-state index in [0.29, 0.717) is 18.4 Å². The molecular weight excluding hydrogens is 278 g/mol. The van der Waals surface area contributed by atoms with E-state index >= 15 is 0 Å². The van der Waals surface area contributed by atoms with Crippen molar-refractivity contribution < 1.29 is 9.59 Å². The second-order valence-electron chi connectivity index (χ2n) is 6.20. The summed E-state index contributed by atoms with van der Waals surface area (Å²) >= 11 is 0. The normalized spacial score (nSPS) is 23.6. The Morgan fingerprint density at radius 1 is 1.05 bits per heavy atom. The zero-order valence-corrected chi connectivity index (χ0v) is 13.7. The maximum Gasteiger partial charge on any atom is 0.258 e. The van der Waals surface area contributed by atoms with Crippen LogP contribution >= 0.6 is 0 Å². The van der Waals surface area contributed by atoms with Crippen LogP contribution < -0.4 is 16.0 Å². The lowest BCUT2D eigenvalue weighted by Crippen LogP contribution is -2.56. The van der Waals surface area contributed by atoms with E-state index in [1.807, 2.05) is 32.3 Å². The van der Waals surface area contributed by atoms with Crippen LogP contribution in [0.3, 0.4) is 0 Å². The third kappa shape index (κ3) is 2.91. The van der Waals surface area contributed by atoms with Gasteiger partial charge in [0.05, 0.1) is 5.41 Å². The van der Waals surface area contributed by atoms with E-state index in [2.05, 4.69) is 29.8 Å². The Morgan fingerprint density at radius 2 is 1.59 bits per heavy atom. The van der Waals surface area contributed by atoms with Crippen molar-refractivity contribution in [2.45, 2.75) is 44.2 Å². The number of amides is 2. The van der Waals surface area contributed by atoms with Crippen LogP contribution in [-0.4, -0.2) is 38.0 Å². The fourth-order valence-corrected chi connectivity index (χ4v) is 3.25. The highest BCUT2D eigenvalue weighted by atomic mass is 16.2. The molecule has 2 atom stereocenters. The van der Waals surface area contributed by atoms with Crippen molar-refractivity contribution in [2.24, 2.45) is 0 Å². The fourth-order valence-electron chi connectivity index (χ4n) is 3.25. The molecule has 0 radical (unpaired) electrons. The van der Waals surface area contributed by atoms with E-state index in [9.17, 15) is 9.59 Å². The van der Waals surface area contributed by atoms with Crippen molar-refractivity contribution in [1.82, 2.24) is 16.0 Å². The first-order valence-corrected chi connectivity index (χ1v) is 7.74. The lowest BCUT2D eigenvalue weighted by molar-refractivity contribution is -0.127. The monoisotopic (exact) mass is 303 g/mol. The molecule has 1 aliphatic heterocycles. The van der Waals surface area contributed by atoms with E-state index < -0.39 is 5.41 Å². The molecular formula is C17H25N3O2. The van der Waals surface area contributed by atoms with Crippen LogP contribution in [0.1, 0.15) is 42.6 Å². The number of rotatable bonds is 6. The summed E-state index contributed by atoms with van der Waals surface area (Å²) in [6, 6.07) is 7.76. The summed E-state index contributed by atoms with van der Waals surface area (Å²) in [6.07, 6.45) is 1.29. The summed E-state index contributed by atoms with van der Waals surface area (Å²) in [4.78, 5) is 24.9. The predicted molar refractivity (Wildman–Crippen MR) is 86.9 cm³/mol. The molecule has 22 heavy (non-hydrogen) atoms. The van der Waals surface area contributed by atoms with Gasteiger partial charge in [0.1, 0.15) is 0 Å². The van der Waals surface area contributed by atoms with Crippen LogP contribution in [0.15, 0.2) is 24.3 Å². The van der Waals surface area contributed by atoms with E-state index in [0.717, 1.165) is 5.56 Å². The summed E-state index contributed by atoms with van der Waals surface area (Å²) in [5.74, 6) is -0.495. The average Bonchev–Trinajstić information content (AvgIpc) is 2.52. The number of carbonyl (C=O) groups excluding carboxylic acids is 2. The zero-order valence-electron chi connectivity index (χ0n) is 13.7. The second-order valence-corrected chi connectivity index (χ2v) is 6.20. The lowest BCUT2D eigenvalue weighted by Gasteiger charge is -2.40. The lowest BCUT2D eigenvalue weighted by atomic mass is 9.67. The Balaban J connectivity index is 2.56. The van der Waals surface area contributed by atoms with Gasteiger partial charge in [0.2, 0.25) is 5.91 Å². The molecule has 0 aromatic heterocycles. The minimum Gasteiger partial charge on any atom is -0.317 e. The standard InChI is InChI=1S/C17H25N3O2/c1-11(18-3)9-17(10-12(2)19-4)14-8-6-5-7-13(14)15(21)20-16(17)22/h5-8,11-12,18-19H,9-10H2,1-4H3,(H,20,21,22). The van der Waals surface area contributed by atoms with Gasteiger partial charge in [-0.05, 0) is 52.4 Å². The van der Waals surface area contributed by atoms with E-state index in [-0.39, 0.29) is 23.9 Å². The van der Waals surface area contributed by atoms with Gasteiger partial charge in [-0.3, -0.25) is 14.9 Å². The van der Waals surface area contributed by atoms with Crippen LogP contribution in [0.25, 0.3) is 0 Å². The van der Waals surface area contributed by atoms with Gasteiger partial charge in [-0.15, -0.1) is 0 Å². The number of imide groups is 1. The predicted octanol–water partition coefficient (Wildman–Crippen LogP) is 1.19. The minimum absolute atomic E-state index is 0.163. The smallest absolute Gasteiger partial charge is 0.258 e. The number of hydrogen-bond acceptors (Lipinski definition) is 4. The number of benzene rings is 1. The maximum atomic E-state index is 12.8. The maximum absolute atomic E-state index is 12.8. The minimum atomic E-state index is -0.699. The molecule has 2 rings (SSSR count). The van der Waals surface area contributed by atoms with Crippen LogP contribution in [0, 0.1) is 0 Å². The number of nitrogens with one attached hydrogen (secondary N) is 3. The van der Waals surface area contributed by atoms with Crippen LogP contribution in [-0.2, 0) is 10.2 Å². The second kappa shape index (κ2) is 6.58. The van der Waals surface area contributed by atoms with Crippen molar-refractivity contribution in [3.63, 3.8) is 0 Å². The van der Waals surface area contributed by atoms with Gasteiger partial charge >= 0.3 is 0 Å².